The van der Waals surface area contributed by atoms with Gasteiger partial charge in [0.25, 0.3) is 0 Å². The van der Waals surface area contributed by atoms with E-state index >= 15 is 0 Å². The first-order valence-electron chi connectivity index (χ1n) is 4.82. The van der Waals surface area contributed by atoms with Gasteiger partial charge in [0.15, 0.2) is 0 Å². The molecule has 0 N–H and O–H groups in total. The summed E-state index contributed by atoms with van der Waals surface area (Å²) < 4.78 is 4.15. The third-order valence-electron chi connectivity index (χ3n) is 2.50. The highest BCUT2D eigenvalue weighted by atomic mass is 15.9. The largest absolute Gasteiger partial charge is 0.151 e. The maximum Gasteiger partial charge on any atom is 0.113 e. The van der Waals surface area contributed by atoms with E-state index in [9.17, 15) is 0 Å². The van der Waals surface area contributed by atoms with E-state index in [0.717, 1.165) is 5.70 Å². The Morgan fingerprint density at radius 1 is 1.13 bits per heavy atom. The Morgan fingerprint density at radius 3 is 2.27 bits per heavy atom. The fourth-order valence-corrected chi connectivity index (χ4v) is 1.78. The van der Waals surface area contributed by atoms with Crippen molar-refractivity contribution in [3.8, 4) is 0 Å². The normalized spacial score (nSPS) is 12.3. The van der Waals surface area contributed by atoms with Gasteiger partial charge in [-0.15, -0.1) is 9.26 Å². The second-order valence-corrected chi connectivity index (χ2v) is 3.44. The Labute approximate surface area is 87.1 Å². The van der Waals surface area contributed by atoms with Gasteiger partial charge in [0.1, 0.15) is 11.0 Å². The standard InChI is InChI=1S/C12H11N3/c1-3-4-7-10(2)13-14-11-8-5-6-9-12(11)15(13)14/h3-9H,1-2H2/b7-4-. The van der Waals surface area contributed by atoms with Crippen LogP contribution in [0.5, 0.6) is 0 Å². The lowest BCUT2D eigenvalue weighted by Gasteiger charge is -1.92. The van der Waals surface area contributed by atoms with Crippen LogP contribution in [0.3, 0.4) is 0 Å². The van der Waals surface area contributed by atoms with Gasteiger partial charge in [0, 0.05) is 0 Å². The summed E-state index contributed by atoms with van der Waals surface area (Å²) in [5.74, 6) is 0. The second kappa shape index (κ2) is 2.67. The van der Waals surface area contributed by atoms with Crippen molar-refractivity contribution in [1.82, 2.24) is 14.1 Å². The number of hydrogen-bond donors (Lipinski definition) is 0. The molecular weight excluding hydrogens is 186 g/mol. The summed E-state index contributed by atoms with van der Waals surface area (Å²) >= 11 is 0. The molecule has 0 saturated carbocycles. The summed E-state index contributed by atoms with van der Waals surface area (Å²) in [4.78, 5) is 2.02. The van der Waals surface area contributed by atoms with Crippen LogP contribution in [0.2, 0.25) is 0 Å². The number of para-hydroxylation sites is 2. The van der Waals surface area contributed by atoms with Crippen LogP contribution in [-0.2, 0) is 0 Å². The molecule has 0 unspecified atom stereocenters. The first-order chi connectivity index (χ1) is 7.34. The predicted octanol–water partition coefficient (Wildman–Crippen LogP) is 2.64. The van der Waals surface area contributed by atoms with Crippen molar-refractivity contribution in [2.45, 2.75) is 0 Å². The molecule has 2 aromatic heterocycles. The Hall–Kier alpha value is -2.16. The van der Waals surface area contributed by atoms with Gasteiger partial charge < -0.3 is 0 Å². The summed E-state index contributed by atoms with van der Waals surface area (Å²) in [5.41, 5.74) is 3.39. The molecule has 0 bridgehead atoms. The maximum atomic E-state index is 3.99. The number of rotatable bonds is 3. The van der Waals surface area contributed by atoms with E-state index in [-0.39, 0.29) is 0 Å². The molecule has 0 aliphatic rings. The van der Waals surface area contributed by atoms with Gasteiger partial charge >= 0.3 is 0 Å². The van der Waals surface area contributed by atoms with E-state index in [4.69, 9.17) is 0 Å². The van der Waals surface area contributed by atoms with Crippen LogP contribution in [0.15, 0.2) is 55.7 Å². The summed E-state index contributed by atoms with van der Waals surface area (Å²) in [6, 6.07) is 8.26. The molecule has 0 aliphatic carbocycles. The van der Waals surface area contributed by atoms with Crippen molar-refractivity contribution in [2.75, 3.05) is 0 Å². The van der Waals surface area contributed by atoms with Gasteiger partial charge in [-0.05, 0) is 18.2 Å². The van der Waals surface area contributed by atoms with Crippen molar-refractivity contribution in [3.63, 3.8) is 0 Å². The van der Waals surface area contributed by atoms with E-state index in [0.29, 0.717) is 0 Å². The Balaban J connectivity index is 2.06. The van der Waals surface area contributed by atoms with Crippen molar-refractivity contribution in [1.29, 1.82) is 0 Å². The van der Waals surface area contributed by atoms with E-state index in [1.165, 1.54) is 11.0 Å². The molecule has 0 saturated heterocycles. The number of fused-ring (bicyclic) bond motifs is 4. The third kappa shape index (κ3) is 0.944. The van der Waals surface area contributed by atoms with Gasteiger partial charge in [-0.3, -0.25) is 0 Å². The first-order valence-corrected chi connectivity index (χ1v) is 4.82. The van der Waals surface area contributed by atoms with Crippen LogP contribution < -0.4 is 0 Å². The summed E-state index contributed by atoms with van der Waals surface area (Å²) in [6.45, 7) is 7.62. The quantitative estimate of drug-likeness (QED) is 0.573. The molecule has 0 aliphatic heterocycles. The molecule has 3 nitrogen and oxygen atoms in total. The molecule has 3 aromatic rings. The Bertz CT molecular complexity index is 618. The topological polar surface area (TPSA) is 13.8 Å². The summed E-state index contributed by atoms with van der Waals surface area (Å²) in [6.07, 6.45) is 5.56. The zero-order valence-electron chi connectivity index (χ0n) is 8.30. The highest BCUT2D eigenvalue weighted by Crippen LogP contribution is 2.24. The number of hydrogen-bond acceptors (Lipinski definition) is 0. The Morgan fingerprint density at radius 2 is 1.73 bits per heavy atom. The van der Waals surface area contributed by atoms with Gasteiger partial charge in [-0.25, -0.2) is 0 Å². The summed E-state index contributed by atoms with van der Waals surface area (Å²) in [7, 11) is 0. The number of allylic oxidation sites excluding steroid dienone is 4. The molecule has 0 spiro atoms. The Kier molecular flexibility index (Phi) is 1.45. The molecule has 1 aromatic carbocycles. The molecular formula is C12H11N3. The molecule has 0 atom stereocenters. The van der Waals surface area contributed by atoms with E-state index < -0.39 is 0 Å². The minimum Gasteiger partial charge on any atom is -0.151 e. The van der Waals surface area contributed by atoms with Gasteiger partial charge in [0.05, 0.1) is 5.70 Å². The lowest BCUT2D eigenvalue weighted by atomic mass is 10.3. The van der Waals surface area contributed by atoms with Crippen molar-refractivity contribution in [3.05, 3.63) is 55.7 Å². The number of aromatic nitrogens is 3. The molecule has 15 heavy (non-hydrogen) atoms. The van der Waals surface area contributed by atoms with Crippen molar-refractivity contribution in [2.24, 2.45) is 0 Å². The van der Waals surface area contributed by atoms with E-state index in [1.54, 1.807) is 6.08 Å². The molecule has 3 rings (SSSR count). The lowest BCUT2D eigenvalue weighted by molar-refractivity contribution is 1.07. The lowest BCUT2D eigenvalue weighted by Crippen LogP contribution is -1.87. The zero-order chi connectivity index (χ0) is 10.4. The molecule has 0 amide bonds. The highest BCUT2D eigenvalue weighted by molar-refractivity contribution is 5.80. The molecule has 0 radical (unpaired) electrons. The van der Waals surface area contributed by atoms with Crippen LogP contribution >= 0.6 is 0 Å². The van der Waals surface area contributed by atoms with Crippen LogP contribution in [0.4, 0.5) is 0 Å². The minimum atomic E-state index is 0.936. The number of nitrogens with zero attached hydrogens (tertiary/aromatic N) is 3. The van der Waals surface area contributed by atoms with E-state index in [1.807, 2.05) is 29.1 Å². The fourth-order valence-electron chi connectivity index (χ4n) is 1.78. The van der Waals surface area contributed by atoms with Crippen molar-refractivity contribution < 1.29 is 0 Å². The average Bonchev–Trinajstić information content (AvgIpc) is 2.92. The van der Waals surface area contributed by atoms with Gasteiger partial charge in [-0.1, -0.05) is 37.4 Å². The monoisotopic (exact) mass is 197 g/mol. The predicted molar refractivity (Wildman–Crippen MR) is 62.2 cm³/mol. The smallest absolute Gasteiger partial charge is 0.113 e. The van der Waals surface area contributed by atoms with Crippen LogP contribution in [0.1, 0.15) is 0 Å². The zero-order valence-corrected chi connectivity index (χ0v) is 8.30. The SMILES string of the molecule is C=C/C=C\C(=C)n1n2c3ccccc3n12. The molecule has 74 valence electrons. The fraction of sp³-hybridized carbons (Fsp3) is 0. The average molecular weight is 197 g/mol. The van der Waals surface area contributed by atoms with Gasteiger partial charge in [-0.2, -0.15) is 4.80 Å². The second-order valence-electron chi connectivity index (χ2n) is 3.44. The minimum absolute atomic E-state index is 0.936. The van der Waals surface area contributed by atoms with E-state index in [2.05, 4.69) is 34.6 Å². The van der Waals surface area contributed by atoms with Crippen LogP contribution in [0, 0.1) is 0 Å². The summed E-state index contributed by atoms with van der Waals surface area (Å²) in [5, 5.41) is 0. The molecule has 0 fully saturated rings. The highest BCUT2D eigenvalue weighted by Gasteiger charge is 2.22. The molecule has 3 heteroatoms. The van der Waals surface area contributed by atoms with Gasteiger partial charge in [0.2, 0.25) is 0 Å². The van der Waals surface area contributed by atoms with Crippen molar-refractivity contribution >= 4 is 16.7 Å². The van der Waals surface area contributed by atoms with Crippen LogP contribution in [0.25, 0.3) is 16.7 Å². The third-order valence-corrected chi connectivity index (χ3v) is 2.50. The maximum absolute atomic E-state index is 3.99. The van der Waals surface area contributed by atoms with Crippen LogP contribution in [-0.4, -0.2) is 14.1 Å². The molecule has 2 heterocycles. The number of benzene rings is 1. The first kappa shape index (κ1) is 8.17.